The van der Waals surface area contributed by atoms with Gasteiger partial charge in [-0.2, -0.15) is 0 Å². The average molecular weight is 320 g/mol. The molecule has 1 rings (SSSR count). The molecule has 1 aromatic rings. The van der Waals surface area contributed by atoms with Crippen molar-refractivity contribution in [3.63, 3.8) is 0 Å². The molecule has 128 valence electrons. The van der Waals surface area contributed by atoms with Crippen LogP contribution in [-0.4, -0.2) is 25.2 Å². The highest BCUT2D eigenvalue weighted by molar-refractivity contribution is 6.03. The second kappa shape index (κ2) is 8.70. The summed E-state index contributed by atoms with van der Waals surface area (Å²) in [6.45, 7) is 10.7. The standard InChI is InChI=1S/C19H28O4/c1-6-8-11-22-17(20)15-10-9-14(7-2)12-16(15)18(21)23-13-19(3,4)5/h9-10,12H,6-8,11,13H2,1-5H3. The summed E-state index contributed by atoms with van der Waals surface area (Å²) in [7, 11) is 0. The van der Waals surface area contributed by atoms with Gasteiger partial charge in [0.2, 0.25) is 0 Å². The minimum atomic E-state index is -0.474. The smallest absolute Gasteiger partial charge is 0.339 e. The quantitative estimate of drug-likeness (QED) is 0.551. The number of benzene rings is 1. The van der Waals surface area contributed by atoms with Crippen LogP contribution >= 0.6 is 0 Å². The number of hydrogen-bond donors (Lipinski definition) is 0. The Balaban J connectivity index is 2.97. The van der Waals surface area contributed by atoms with E-state index in [1.807, 2.05) is 40.7 Å². The van der Waals surface area contributed by atoms with Crippen molar-refractivity contribution in [2.24, 2.45) is 5.41 Å². The Morgan fingerprint density at radius 1 is 1.00 bits per heavy atom. The number of carbonyl (C=O) groups excluding carboxylic acids is 2. The second-order valence-electron chi connectivity index (χ2n) is 6.86. The van der Waals surface area contributed by atoms with Crippen molar-refractivity contribution in [1.29, 1.82) is 0 Å². The molecule has 23 heavy (non-hydrogen) atoms. The summed E-state index contributed by atoms with van der Waals surface area (Å²) in [6.07, 6.45) is 2.54. The Hall–Kier alpha value is -1.84. The monoisotopic (exact) mass is 320 g/mol. The molecule has 0 heterocycles. The molecule has 0 saturated carbocycles. The third-order valence-electron chi connectivity index (χ3n) is 3.30. The Morgan fingerprint density at radius 2 is 1.65 bits per heavy atom. The van der Waals surface area contributed by atoms with Crippen LogP contribution in [0.25, 0.3) is 0 Å². The minimum absolute atomic E-state index is 0.125. The van der Waals surface area contributed by atoms with Gasteiger partial charge < -0.3 is 9.47 Å². The Morgan fingerprint density at radius 3 is 2.22 bits per heavy atom. The highest BCUT2D eigenvalue weighted by Crippen LogP contribution is 2.19. The van der Waals surface area contributed by atoms with Gasteiger partial charge in [0, 0.05) is 0 Å². The summed E-state index contributed by atoms with van der Waals surface area (Å²) in [6, 6.07) is 5.22. The molecule has 0 aromatic heterocycles. The molecule has 0 aliphatic rings. The van der Waals surface area contributed by atoms with Crippen molar-refractivity contribution in [2.45, 2.75) is 53.9 Å². The van der Waals surface area contributed by atoms with Gasteiger partial charge in [-0.1, -0.05) is 47.1 Å². The lowest BCUT2D eigenvalue weighted by molar-refractivity contribution is 0.0352. The van der Waals surface area contributed by atoms with Crippen molar-refractivity contribution in [2.75, 3.05) is 13.2 Å². The van der Waals surface area contributed by atoms with E-state index in [0.717, 1.165) is 24.8 Å². The molecule has 0 atom stereocenters. The van der Waals surface area contributed by atoms with Crippen LogP contribution in [0, 0.1) is 5.41 Å². The molecule has 0 aliphatic heterocycles. The van der Waals surface area contributed by atoms with Crippen molar-refractivity contribution in [3.05, 3.63) is 34.9 Å². The fourth-order valence-electron chi connectivity index (χ4n) is 1.90. The number of carbonyl (C=O) groups is 2. The van der Waals surface area contributed by atoms with E-state index in [4.69, 9.17) is 9.47 Å². The molecular formula is C19H28O4. The minimum Gasteiger partial charge on any atom is -0.462 e. The molecule has 0 unspecified atom stereocenters. The van der Waals surface area contributed by atoms with E-state index in [9.17, 15) is 9.59 Å². The second-order valence-corrected chi connectivity index (χ2v) is 6.86. The van der Waals surface area contributed by atoms with Gasteiger partial charge >= 0.3 is 11.9 Å². The summed E-state index contributed by atoms with van der Waals surface area (Å²) in [5.74, 6) is -0.943. The van der Waals surface area contributed by atoms with Crippen molar-refractivity contribution in [1.82, 2.24) is 0 Å². The van der Waals surface area contributed by atoms with E-state index in [1.54, 1.807) is 12.1 Å². The van der Waals surface area contributed by atoms with Gasteiger partial charge in [0.05, 0.1) is 24.3 Å². The summed E-state index contributed by atoms with van der Waals surface area (Å²) in [4.78, 5) is 24.6. The lowest BCUT2D eigenvalue weighted by Crippen LogP contribution is -2.20. The van der Waals surface area contributed by atoms with Gasteiger partial charge in [0.1, 0.15) is 0 Å². The highest BCUT2D eigenvalue weighted by Gasteiger charge is 2.22. The molecule has 0 aliphatic carbocycles. The third-order valence-corrected chi connectivity index (χ3v) is 3.30. The van der Waals surface area contributed by atoms with E-state index in [1.165, 1.54) is 0 Å². The molecule has 4 nitrogen and oxygen atoms in total. The number of rotatable bonds is 7. The summed E-state index contributed by atoms with van der Waals surface area (Å²) in [5, 5.41) is 0. The zero-order valence-electron chi connectivity index (χ0n) is 14.9. The molecule has 0 bridgehead atoms. The third kappa shape index (κ3) is 6.43. The van der Waals surface area contributed by atoms with E-state index >= 15 is 0 Å². The van der Waals surface area contributed by atoms with Crippen LogP contribution in [0.5, 0.6) is 0 Å². The number of aryl methyl sites for hydroxylation is 1. The molecule has 0 spiro atoms. The fraction of sp³-hybridized carbons (Fsp3) is 0.579. The summed E-state index contributed by atoms with van der Waals surface area (Å²) < 4.78 is 10.6. The normalized spacial score (nSPS) is 11.2. The maximum atomic E-state index is 12.4. The predicted molar refractivity (Wildman–Crippen MR) is 90.7 cm³/mol. The van der Waals surface area contributed by atoms with Crippen LogP contribution in [0.3, 0.4) is 0 Å². The van der Waals surface area contributed by atoms with Crippen LogP contribution < -0.4 is 0 Å². The van der Waals surface area contributed by atoms with E-state index in [2.05, 4.69) is 0 Å². The molecular weight excluding hydrogens is 292 g/mol. The molecule has 0 amide bonds. The van der Waals surface area contributed by atoms with Crippen LogP contribution in [0.15, 0.2) is 18.2 Å². The molecule has 0 N–H and O–H groups in total. The highest BCUT2D eigenvalue weighted by atomic mass is 16.5. The Labute approximate surface area is 139 Å². The number of ether oxygens (including phenoxy) is 2. The zero-order chi connectivity index (χ0) is 17.5. The maximum absolute atomic E-state index is 12.4. The van der Waals surface area contributed by atoms with Gasteiger partial charge in [0.15, 0.2) is 0 Å². The average Bonchev–Trinajstić information content (AvgIpc) is 2.51. The SMILES string of the molecule is CCCCOC(=O)c1ccc(CC)cc1C(=O)OCC(C)(C)C. The molecule has 0 fully saturated rings. The van der Waals surface area contributed by atoms with Gasteiger partial charge in [-0.15, -0.1) is 0 Å². The topological polar surface area (TPSA) is 52.6 Å². The fourth-order valence-corrected chi connectivity index (χ4v) is 1.90. The first kappa shape index (κ1) is 19.2. The summed E-state index contributed by atoms with van der Waals surface area (Å²) >= 11 is 0. The van der Waals surface area contributed by atoms with E-state index in [0.29, 0.717) is 13.2 Å². The Kier molecular flexibility index (Phi) is 7.27. The van der Waals surface area contributed by atoms with Crippen molar-refractivity contribution < 1.29 is 19.1 Å². The molecule has 0 radical (unpaired) electrons. The van der Waals surface area contributed by atoms with E-state index < -0.39 is 11.9 Å². The van der Waals surface area contributed by atoms with Crippen LogP contribution in [-0.2, 0) is 15.9 Å². The van der Waals surface area contributed by atoms with Crippen molar-refractivity contribution in [3.8, 4) is 0 Å². The maximum Gasteiger partial charge on any atom is 0.339 e. The predicted octanol–water partition coefficient (Wildman–Crippen LogP) is 4.41. The zero-order valence-corrected chi connectivity index (χ0v) is 14.9. The van der Waals surface area contributed by atoms with Crippen LogP contribution in [0.1, 0.15) is 73.7 Å². The van der Waals surface area contributed by atoms with Gasteiger partial charge in [-0.05, 0) is 36.0 Å². The van der Waals surface area contributed by atoms with Gasteiger partial charge in [-0.25, -0.2) is 9.59 Å². The van der Waals surface area contributed by atoms with Crippen molar-refractivity contribution >= 4 is 11.9 Å². The molecule has 0 saturated heterocycles. The first-order valence-corrected chi connectivity index (χ1v) is 8.25. The molecule has 1 aromatic carbocycles. The largest absolute Gasteiger partial charge is 0.462 e. The number of hydrogen-bond acceptors (Lipinski definition) is 4. The summed E-state index contributed by atoms with van der Waals surface area (Å²) in [5.41, 5.74) is 1.42. The Bertz CT molecular complexity index is 541. The molecule has 4 heteroatoms. The van der Waals surface area contributed by atoms with E-state index in [-0.39, 0.29) is 16.5 Å². The first-order chi connectivity index (χ1) is 10.8. The van der Waals surface area contributed by atoms with Crippen LogP contribution in [0.2, 0.25) is 0 Å². The first-order valence-electron chi connectivity index (χ1n) is 8.25. The number of esters is 2. The van der Waals surface area contributed by atoms with Gasteiger partial charge in [-0.3, -0.25) is 0 Å². The lowest BCUT2D eigenvalue weighted by atomic mass is 9.98. The number of unbranched alkanes of at least 4 members (excludes halogenated alkanes) is 1. The lowest BCUT2D eigenvalue weighted by Gasteiger charge is -2.18. The van der Waals surface area contributed by atoms with Crippen LogP contribution in [0.4, 0.5) is 0 Å². The van der Waals surface area contributed by atoms with Gasteiger partial charge in [0.25, 0.3) is 0 Å².